The SMILES string of the molecule is C[C@H]1CCCN(C(=O)COC(=O)/C=C/c2ccc3c(c2)OCO3)C1. The summed E-state index contributed by atoms with van der Waals surface area (Å²) in [6, 6.07) is 5.39. The van der Waals surface area contributed by atoms with Crippen LogP contribution in [0.2, 0.25) is 0 Å². The average Bonchev–Trinajstić information content (AvgIpc) is 3.05. The summed E-state index contributed by atoms with van der Waals surface area (Å²) in [6.45, 7) is 3.61. The van der Waals surface area contributed by atoms with E-state index < -0.39 is 5.97 Å². The fourth-order valence-corrected chi connectivity index (χ4v) is 2.87. The van der Waals surface area contributed by atoms with E-state index in [-0.39, 0.29) is 19.3 Å². The van der Waals surface area contributed by atoms with Crippen molar-refractivity contribution in [3.05, 3.63) is 29.8 Å². The number of likely N-dealkylation sites (tertiary alicyclic amines) is 1. The number of carbonyl (C=O) groups excluding carboxylic acids is 2. The Morgan fingerprint density at radius 2 is 2.17 bits per heavy atom. The lowest BCUT2D eigenvalue weighted by molar-refractivity contribution is -0.149. The van der Waals surface area contributed by atoms with Gasteiger partial charge in [-0.1, -0.05) is 13.0 Å². The number of hydrogen-bond donors (Lipinski definition) is 0. The second-order valence-corrected chi connectivity index (χ2v) is 6.14. The fourth-order valence-electron chi connectivity index (χ4n) is 2.87. The predicted molar refractivity (Wildman–Crippen MR) is 87.5 cm³/mol. The first-order valence-corrected chi connectivity index (χ1v) is 8.14. The van der Waals surface area contributed by atoms with Gasteiger partial charge in [0.05, 0.1) is 0 Å². The van der Waals surface area contributed by atoms with Gasteiger partial charge in [0, 0.05) is 19.2 Å². The highest BCUT2D eigenvalue weighted by molar-refractivity contribution is 5.89. The predicted octanol–water partition coefficient (Wildman–Crippen LogP) is 2.23. The number of amides is 1. The maximum absolute atomic E-state index is 12.0. The molecule has 6 heteroatoms. The van der Waals surface area contributed by atoms with E-state index in [1.54, 1.807) is 23.1 Å². The number of nitrogens with zero attached hydrogens (tertiary/aromatic N) is 1. The lowest BCUT2D eigenvalue weighted by Crippen LogP contribution is -2.41. The maximum Gasteiger partial charge on any atom is 0.331 e. The van der Waals surface area contributed by atoms with Crippen molar-refractivity contribution in [3.8, 4) is 11.5 Å². The first kappa shape index (κ1) is 16.4. The smallest absolute Gasteiger partial charge is 0.331 e. The number of carbonyl (C=O) groups is 2. The zero-order chi connectivity index (χ0) is 16.9. The van der Waals surface area contributed by atoms with Crippen LogP contribution in [0.1, 0.15) is 25.3 Å². The summed E-state index contributed by atoms with van der Waals surface area (Å²) < 4.78 is 15.5. The molecule has 0 aromatic heterocycles. The third kappa shape index (κ3) is 4.07. The second kappa shape index (κ2) is 7.38. The Bertz CT molecular complexity index is 655. The van der Waals surface area contributed by atoms with E-state index in [1.165, 1.54) is 6.08 Å². The minimum atomic E-state index is -0.536. The molecule has 1 fully saturated rings. The molecule has 2 aliphatic heterocycles. The Hall–Kier alpha value is -2.50. The highest BCUT2D eigenvalue weighted by Crippen LogP contribution is 2.32. The van der Waals surface area contributed by atoms with E-state index in [9.17, 15) is 9.59 Å². The molecular weight excluding hydrogens is 310 g/mol. The van der Waals surface area contributed by atoms with Crippen LogP contribution >= 0.6 is 0 Å². The first-order chi connectivity index (χ1) is 11.6. The van der Waals surface area contributed by atoms with Crippen LogP contribution < -0.4 is 9.47 Å². The number of piperidine rings is 1. The number of fused-ring (bicyclic) bond motifs is 1. The first-order valence-electron chi connectivity index (χ1n) is 8.14. The van der Waals surface area contributed by atoms with Gasteiger partial charge in [-0.25, -0.2) is 4.79 Å². The molecule has 0 N–H and O–H groups in total. The van der Waals surface area contributed by atoms with Crippen LogP contribution in [0.15, 0.2) is 24.3 Å². The van der Waals surface area contributed by atoms with Gasteiger partial charge in [0.25, 0.3) is 5.91 Å². The molecular formula is C18H21NO5. The topological polar surface area (TPSA) is 65.1 Å². The van der Waals surface area contributed by atoms with Crippen LogP contribution in [0.5, 0.6) is 11.5 Å². The summed E-state index contributed by atoms with van der Waals surface area (Å²) in [7, 11) is 0. The lowest BCUT2D eigenvalue weighted by atomic mass is 10.0. The quantitative estimate of drug-likeness (QED) is 0.625. The van der Waals surface area contributed by atoms with Gasteiger partial charge in [-0.3, -0.25) is 4.79 Å². The van der Waals surface area contributed by atoms with Gasteiger partial charge >= 0.3 is 5.97 Å². The minimum Gasteiger partial charge on any atom is -0.454 e. The van der Waals surface area contributed by atoms with Crippen molar-refractivity contribution >= 4 is 18.0 Å². The number of rotatable bonds is 4. The summed E-state index contributed by atoms with van der Waals surface area (Å²) in [5.74, 6) is 1.18. The molecule has 0 spiro atoms. The molecule has 0 unspecified atom stereocenters. The van der Waals surface area contributed by atoms with Gasteiger partial charge < -0.3 is 19.1 Å². The number of ether oxygens (including phenoxy) is 3. The average molecular weight is 331 g/mol. The minimum absolute atomic E-state index is 0.133. The van der Waals surface area contributed by atoms with Crippen molar-refractivity contribution in [1.82, 2.24) is 4.90 Å². The Morgan fingerprint density at radius 1 is 1.33 bits per heavy atom. The largest absolute Gasteiger partial charge is 0.454 e. The Kier molecular flexibility index (Phi) is 5.03. The highest BCUT2D eigenvalue weighted by Gasteiger charge is 2.21. The molecule has 0 aliphatic carbocycles. The Balaban J connectivity index is 1.47. The van der Waals surface area contributed by atoms with E-state index in [0.29, 0.717) is 17.4 Å². The lowest BCUT2D eigenvalue weighted by Gasteiger charge is -2.30. The molecule has 1 aromatic carbocycles. The normalized spacial score (nSPS) is 19.5. The van der Waals surface area contributed by atoms with E-state index in [0.717, 1.165) is 31.5 Å². The molecule has 3 rings (SSSR count). The van der Waals surface area contributed by atoms with Gasteiger partial charge in [0.2, 0.25) is 6.79 Å². The molecule has 0 saturated carbocycles. The summed E-state index contributed by atoms with van der Waals surface area (Å²) in [6.07, 6.45) is 5.08. The van der Waals surface area contributed by atoms with E-state index in [1.807, 2.05) is 6.07 Å². The molecule has 24 heavy (non-hydrogen) atoms. The summed E-state index contributed by atoms with van der Waals surface area (Å²) in [4.78, 5) is 25.6. The third-order valence-electron chi connectivity index (χ3n) is 4.16. The van der Waals surface area contributed by atoms with Crippen LogP contribution in [0, 0.1) is 5.92 Å². The van der Waals surface area contributed by atoms with Crippen molar-refractivity contribution < 1.29 is 23.8 Å². The van der Waals surface area contributed by atoms with Crippen LogP contribution in [-0.4, -0.2) is 43.3 Å². The van der Waals surface area contributed by atoms with E-state index in [4.69, 9.17) is 14.2 Å². The molecule has 2 aliphatic rings. The maximum atomic E-state index is 12.0. The summed E-state index contributed by atoms with van der Waals surface area (Å²) in [5.41, 5.74) is 0.799. The van der Waals surface area contributed by atoms with Gasteiger partial charge in [-0.2, -0.15) is 0 Å². The molecule has 1 aromatic rings. The molecule has 2 heterocycles. The molecule has 1 saturated heterocycles. The van der Waals surface area contributed by atoms with E-state index >= 15 is 0 Å². The standard InChI is InChI=1S/C18H21NO5/c1-13-3-2-8-19(10-13)17(20)11-22-18(21)7-5-14-4-6-15-16(9-14)24-12-23-15/h4-7,9,13H,2-3,8,10-12H2,1H3/b7-5+/t13-/m0/s1. The number of benzene rings is 1. The summed E-state index contributed by atoms with van der Waals surface area (Å²) >= 11 is 0. The Morgan fingerprint density at radius 3 is 3.00 bits per heavy atom. The number of hydrogen-bond acceptors (Lipinski definition) is 5. The van der Waals surface area contributed by atoms with Gasteiger partial charge in [0.15, 0.2) is 18.1 Å². The molecule has 6 nitrogen and oxygen atoms in total. The van der Waals surface area contributed by atoms with Crippen molar-refractivity contribution in [2.24, 2.45) is 5.92 Å². The summed E-state index contributed by atoms with van der Waals surface area (Å²) in [5, 5.41) is 0. The van der Waals surface area contributed by atoms with Crippen LogP contribution in [-0.2, 0) is 14.3 Å². The highest BCUT2D eigenvalue weighted by atomic mass is 16.7. The second-order valence-electron chi connectivity index (χ2n) is 6.14. The monoisotopic (exact) mass is 331 g/mol. The van der Waals surface area contributed by atoms with Crippen molar-refractivity contribution in [2.75, 3.05) is 26.5 Å². The number of esters is 1. The molecule has 1 atom stereocenters. The van der Waals surface area contributed by atoms with Gasteiger partial charge in [-0.05, 0) is 42.5 Å². The fraction of sp³-hybridized carbons (Fsp3) is 0.444. The van der Waals surface area contributed by atoms with Gasteiger partial charge in [-0.15, -0.1) is 0 Å². The van der Waals surface area contributed by atoms with Crippen molar-refractivity contribution in [2.45, 2.75) is 19.8 Å². The molecule has 128 valence electrons. The molecule has 0 bridgehead atoms. The Labute approximate surface area is 141 Å². The molecule has 0 radical (unpaired) electrons. The van der Waals surface area contributed by atoms with E-state index in [2.05, 4.69) is 6.92 Å². The van der Waals surface area contributed by atoms with Crippen LogP contribution in [0.4, 0.5) is 0 Å². The van der Waals surface area contributed by atoms with Gasteiger partial charge in [0.1, 0.15) is 0 Å². The van der Waals surface area contributed by atoms with Crippen LogP contribution in [0.3, 0.4) is 0 Å². The zero-order valence-electron chi connectivity index (χ0n) is 13.7. The van der Waals surface area contributed by atoms with Crippen molar-refractivity contribution in [3.63, 3.8) is 0 Å². The molecule has 1 amide bonds. The zero-order valence-corrected chi connectivity index (χ0v) is 13.7. The van der Waals surface area contributed by atoms with Crippen LogP contribution in [0.25, 0.3) is 6.08 Å². The third-order valence-corrected chi connectivity index (χ3v) is 4.16. The van der Waals surface area contributed by atoms with Crippen molar-refractivity contribution in [1.29, 1.82) is 0 Å².